The second-order valence-corrected chi connectivity index (χ2v) is 9.69. The largest absolute Gasteiger partial charge is 0.399 e. The maximum atomic E-state index is 14.3. The van der Waals surface area contributed by atoms with Crippen molar-refractivity contribution in [2.75, 3.05) is 24.7 Å². The number of nitrogen functional groups attached to an aromatic ring is 1. The van der Waals surface area contributed by atoms with Gasteiger partial charge in [-0.2, -0.15) is 0 Å². The second kappa shape index (κ2) is 5.95. The predicted octanol–water partition coefficient (Wildman–Crippen LogP) is 1.80. The average molecular weight is 369 g/mol. The molecule has 0 aliphatic carbocycles. The van der Waals surface area contributed by atoms with Crippen molar-refractivity contribution in [2.45, 2.75) is 37.0 Å². The smallest absolute Gasteiger partial charge is 0.165 e. The summed E-state index contributed by atoms with van der Waals surface area (Å²) in [7, 11) is -3.71. The van der Waals surface area contributed by atoms with Crippen molar-refractivity contribution in [3.05, 3.63) is 29.6 Å². The Morgan fingerprint density at radius 1 is 1.32 bits per heavy atom. The lowest BCUT2D eigenvalue weighted by atomic mass is 9.83. The van der Waals surface area contributed by atoms with Gasteiger partial charge in [0, 0.05) is 24.5 Å². The highest BCUT2D eigenvalue weighted by Gasteiger charge is 2.57. The normalized spacial score (nSPS) is 33.0. The van der Waals surface area contributed by atoms with Gasteiger partial charge in [0.05, 0.1) is 11.3 Å². The molecule has 3 rings (SSSR count). The molecule has 25 heavy (non-hydrogen) atoms. The minimum Gasteiger partial charge on any atom is -0.399 e. The third-order valence-electron chi connectivity index (χ3n) is 5.61. The first-order chi connectivity index (χ1) is 11.6. The summed E-state index contributed by atoms with van der Waals surface area (Å²) in [6.45, 7) is 4.18. The van der Waals surface area contributed by atoms with Crippen molar-refractivity contribution < 1.29 is 17.5 Å². The van der Waals surface area contributed by atoms with E-state index in [9.17, 15) is 12.8 Å². The highest BCUT2D eigenvalue weighted by molar-refractivity contribution is 7.93. The summed E-state index contributed by atoms with van der Waals surface area (Å²) >= 11 is 0. The van der Waals surface area contributed by atoms with Crippen LogP contribution in [0.15, 0.2) is 18.2 Å². The van der Waals surface area contributed by atoms with E-state index in [0.29, 0.717) is 31.7 Å². The van der Waals surface area contributed by atoms with Crippen LogP contribution in [0.4, 0.5) is 10.1 Å². The van der Waals surface area contributed by atoms with Crippen LogP contribution < -0.4 is 11.1 Å². The topological polar surface area (TPSA) is 105 Å². The first kappa shape index (κ1) is 18.1. The van der Waals surface area contributed by atoms with Gasteiger partial charge in [0.2, 0.25) is 0 Å². The third-order valence-corrected chi connectivity index (χ3v) is 8.39. The Morgan fingerprint density at radius 2 is 1.96 bits per heavy atom. The number of sulfone groups is 1. The Kier molecular flexibility index (Phi) is 4.31. The molecule has 0 unspecified atom stereocenters. The van der Waals surface area contributed by atoms with Gasteiger partial charge >= 0.3 is 0 Å². The second-order valence-electron chi connectivity index (χ2n) is 7.32. The molecule has 4 N–H and O–H groups in total. The van der Waals surface area contributed by atoms with Gasteiger partial charge in [0.15, 0.2) is 9.84 Å². The fourth-order valence-corrected chi connectivity index (χ4v) is 6.33. The molecule has 1 aromatic rings. The molecule has 0 amide bonds. The quantitative estimate of drug-likeness (QED) is 0.690. The number of ether oxygens (including phenoxy) is 1. The van der Waals surface area contributed by atoms with Crippen LogP contribution in [0.5, 0.6) is 0 Å². The van der Waals surface area contributed by atoms with Crippen LogP contribution in [-0.2, 0) is 20.1 Å². The van der Waals surface area contributed by atoms with Crippen molar-refractivity contribution >= 4 is 21.4 Å². The minimum atomic E-state index is -3.71. The van der Waals surface area contributed by atoms with Crippen LogP contribution in [0.25, 0.3) is 0 Å². The lowest BCUT2D eigenvalue weighted by Gasteiger charge is -2.48. The van der Waals surface area contributed by atoms with E-state index in [1.165, 1.54) is 18.2 Å². The zero-order valence-electron chi connectivity index (χ0n) is 14.4. The van der Waals surface area contributed by atoms with Gasteiger partial charge in [-0.25, -0.2) is 12.8 Å². The maximum Gasteiger partial charge on any atom is 0.165 e. The Morgan fingerprint density at radius 3 is 2.56 bits per heavy atom. The molecule has 138 valence electrons. The molecule has 2 saturated heterocycles. The summed E-state index contributed by atoms with van der Waals surface area (Å²) in [6.07, 6.45) is 1.17. The summed E-state index contributed by atoms with van der Waals surface area (Å²) < 4.78 is 44.8. The number of anilines is 1. The number of halogens is 1. The van der Waals surface area contributed by atoms with E-state index in [0.717, 1.165) is 0 Å². The predicted molar refractivity (Wildman–Crippen MR) is 94.8 cm³/mol. The zero-order valence-corrected chi connectivity index (χ0v) is 15.2. The van der Waals surface area contributed by atoms with Crippen molar-refractivity contribution in [3.63, 3.8) is 0 Å². The number of rotatable bonds is 2. The lowest BCUT2D eigenvalue weighted by Crippen LogP contribution is -2.68. The van der Waals surface area contributed by atoms with E-state index in [4.69, 9.17) is 15.9 Å². The molecule has 0 saturated carbocycles. The van der Waals surface area contributed by atoms with Gasteiger partial charge in [0.1, 0.15) is 16.4 Å². The van der Waals surface area contributed by atoms with Crippen molar-refractivity contribution in [1.82, 2.24) is 5.32 Å². The van der Waals surface area contributed by atoms with Gasteiger partial charge in [0.25, 0.3) is 0 Å². The van der Waals surface area contributed by atoms with Gasteiger partial charge < -0.3 is 15.8 Å². The number of hydrogen-bond acceptors (Lipinski definition) is 5. The number of nitrogens with one attached hydrogen (secondary N) is 2. The molecule has 2 fully saturated rings. The molecule has 1 aromatic carbocycles. The Bertz CT molecular complexity index is 807. The number of nitrogens with two attached hydrogens (primary N) is 1. The molecule has 0 radical (unpaired) electrons. The molecular weight excluding hydrogens is 345 g/mol. The fourth-order valence-electron chi connectivity index (χ4n) is 3.94. The number of benzene rings is 1. The lowest BCUT2D eigenvalue weighted by molar-refractivity contribution is 0.0603. The molecule has 2 heterocycles. The monoisotopic (exact) mass is 369 g/mol. The molecular formula is C17H24FN3O3S. The van der Waals surface area contributed by atoms with E-state index in [2.05, 4.69) is 5.32 Å². The zero-order chi connectivity index (χ0) is 18.5. The first-order valence-electron chi connectivity index (χ1n) is 8.33. The fraction of sp³-hybridized carbons (Fsp3) is 0.588. The summed E-state index contributed by atoms with van der Waals surface area (Å²) in [5, 5.41) is 11.5. The van der Waals surface area contributed by atoms with Crippen LogP contribution in [0.1, 0.15) is 32.3 Å². The van der Waals surface area contributed by atoms with Gasteiger partial charge in [-0.05, 0) is 50.8 Å². The summed E-state index contributed by atoms with van der Waals surface area (Å²) in [5.41, 5.74) is 5.03. The van der Waals surface area contributed by atoms with E-state index in [1.807, 2.05) is 0 Å². The van der Waals surface area contributed by atoms with Crippen LogP contribution in [0, 0.1) is 17.1 Å². The molecule has 6 nitrogen and oxygen atoms in total. The van der Waals surface area contributed by atoms with Gasteiger partial charge in [-0.3, -0.25) is 5.41 Å². The molecule has 2 atom stereocenters. The molecule has 0 spiro atoms. The SMILES string of the molecule is C[C@@]1(c2cc(N)ccc2F)CS(=O)(=O)[C@@](C)(C2CCOCC2)C(=N)N1. The van der Waals surface area contributed by atoms with Crippen LogP contribution in [0.2, 0.25) is 0 Å². The highest BCUT2D eigenvalue weighted by Crippen LogP contribution is 2.42. The summed E-state index contributed by atoms with van der Waals surface area (Å²) in [4.78, 5) is 0. The van der Waals surface area contributed by atoms with Crippen LogP contribution in [0.3, 0.4) is 0 Å². The highest BCUT2D eigenvalue weighted by atomic mass is 32.2. The van der Waals surface area contributed by atoms with Gasteiger partial charge in [-0.1, -0.05) is 0 Å². The van der Waals surface area contributed by atoms with E-state index in [1.54, 1.807) is 13.8 Å². The molecule has 2 aliphatic rings. The van der Waals surface area contributed by atoms with E-state index >= 15 is 0 Å². The third kappa shape index (κ3) is 2.81. The molecule has 2 aliphatic heterocycles. The first-order valence-corrected chi connectivity index (χ1v) is 9.98. The average Bonchev–Trinajstić information content (AvgIpc) is 2.55. The van der Waals surface area contributed by atoms with Crippen LogP contribution in [-0.4, -0.2) is 38.0 Å². The molecule has 0 bridgehead atoms. The minimum absolute atomic E-state index is 0.0880. The number of amidine groups is 1. The summed E-state index contributed by atoms with van der Waals surface area (Å²) in [6, 6.07) is 4.08. The summed E-state index contributed by atoms with van der Waals surface area (Å²) in [5.74, 6) is -1.12. The van der Waals surface area contributed by atoms with Crippen molar-refractivity contribution in [3.8, 4) is 0 Å². The number of hydrogen-bond donors (Lipinski definition) is 3. The van der Waals surface area contributed by atoms with Crippen LogP contribution >= 0.6 is 0 Å². The standard InChI is InChI=1S/C17H24FN3O3S/c1-16(13-9-12(19)3-4-14(13)18)10-25(22,23)17(2,15(20)21-16)11-5-7-24-8-6-11/h3-4,9,11H,5-8,10,19H2,1-2H3,(H2,20,21)/t16-,17-/m0/s1. The van der Waals surface area contributed by atoms with Crippen molar-refractivity contribution in [2.24, 2.45) is 5.92 Å². The molecule has 8 heteroatoms. The Hall–Kier alpha value is -1.67. The van der Waals surface area contributed by atoms with E-state index in [-0.39, 0.29) is 23.1 Å². The van der Waals surface area contributed by atoms with Crippen molar-refractivity contribution in [1.29, 1.82) is 5.41 Å². The Balaban J connectivity index is 2.03. The van der Waals surface area contributed by atoms with Gasteiger partial charge in [-0.15, -0.1) is 0 Å². The molecule has 0 aromatic heterocycles. The Labute approximate surface area is 147 Å². The maximum absolute atomic E-state index is 14.3. The van der Waals surface area contributed by atoms with E-state index < -0.39 is 25.9 Å².